The van der Waals surface area contributed by atoms with Crippen LogP contribution in [0, 0.1) is 11.8 Å². The number of hydrogen-bond donors (Lipinski definition) is 3. The quantitative estimate of drug-likeness (QED) is 0.372. The molecule has 3 aromatic rings. The molecule has 1 aromatic heterocycles. The van der Waals surface area contributed by atoms with Gasteiger partial charge in [0.15, 0.2) is 0 Å². The van der Waals surface area contributed by atoms with Crippen LogP contribution < -0.4 is 5.32 Å². The lowest BCUT2D eigenvalue weighted by Gasteiger charge is -2.46. The summed E-state index contributed by atoms with van der Waals surface area (Å²) in [5.74, 6) is 1.26. The SMILES string of the molecule is C=C[C@H]1CN2CC[C@]3(C(=O)Nc4c3ccc(O)c4[C@@H]3CCCN3C)[C@@H]2C[C@@H]1C[C@H]1c2[nH]c3ccccc3c2CCN1C. The second-order valence-corrected chi connectivity index (χ2v) is 13.7. The number of nitrogens with one attached hydrogen (secondary N) is 2. The van der Waals surface area contributed by atoms with Crippen LogP contribution in [-0.4, -0.2) is 77.0 Å². The van der Waals surface area contributed by atoms with Crippen LogP contribution in [0.2, 0.25) is 0 Å². The van der Waals surface area contributed by atoms with Crippen molar-refractivity contribution in [1.29, 1.82) is 0 Å². The molecule has 5 aliphatic rings. The lowest BCUT2D eigenvalue weighted by Crippen LogP contribution is -2.53. The Morgan fingerprint density at radius 3 is 2.79 bits per heavy atom. The zero-order chi connectivity index (χ0) is 28.7. The number of aromatic amines is 1. The number of aromatic hydroxyl groups is 1. The van der Waals surface area contributed by atoms with E-state index in [0.717, 1.165) is 81.5 Å². The normalized spacial score (nSPS) is 33.2. The highest BCUT2D eigenvalue weighted by Crippen LogP contribution is 2.56. The van der Waals surface area contributed by atoms with Crippen molar-refractivity contribution >= 4 is 22.5 Å². The van der Waals surface area contributed by atoms with Crippen LogP contribution in [-0.2, 0) is 16.6 Å². The Balaban J connectivity index is 1.15. The molecule has 3 N–H and O–H groups in total. The maximum Gasteiger partial charge on any atom is 0.236 e. The highest BCUT2D eigenvalue weighted by atomic mass is 16.3. The summed E-state index contributed by atoms with van der Waals surface area (Å²) < 4.78 is 0. The van der Waals surface area contributed by atoms with Crippen LogP contribution in [0.25, 0.3) is 10.9 Å². The van der Waals surface area contributed by atoms with Gasteiger partial charge in [0.2, 0.25) is 5.91 Å². The van der Waals surface area contributed by atoms with E-state index in [0.29, 0.717) is 23.6 Å². The third kappa shape index (κ3) is 3.66. The molecule has 6 atom stereocenters. The topological polar surface area (TPSA) is 74.8 Å². The monoisotopic (exact) mass is 565 g/mol. The smallest absolute Gasteiger partial charge is 0.236 e. The van der Waals surface area contributed by atoms with Crippen molar-refractivity contribution in [2.45, 2.75) is 62.1 Å². The molecule has 0 unspecified atom stereocenters. The molecule has 5 aliphatic heterocycles. The number of piperidine rings is 1. The maximum absolute atomic E-state index is 14.2. The van der Waals surface area contributed by atoms with Gasteiger partial charge < -0.3 is 15.4 Å². The minimum atomic E-state index is -0.565. The Labute approximate surface area is 248 Å². The number of H-pyrrole nitrogens is 1. The molecule has 0 bridgehead atoms. The molecule has 220 valence electrons. The third-order valence-corrected chi connectivity index (χ3v) is 11.8. The van der Waals surface area contributed by atoms with Gasteiger partial charge in [-0.1, -0.05) is 30.3 Å². The average Bonchev–Trinajstić information content (AvgIpc) is 3.75. The summed E-state index contributed by atoms with van der Waals surface area (Å²) in [6.45, 7) is 8.24. The van der Waals surface area contributed by atoms with Gasteiger partial charge in [-0.3, -0.25) is 19.5 Å². The van der Waals surface area contributed by atoms with Crippen molar-refractivity contribution in [2.24, 2.45) is 11.8 Å². The van der Waals surface area contributed by atoms with E-state index in [1.54, 1.807) is 0 Å². The molecule has 0 radical (unpaired) electrons. The Morgan fingerprint density at radius 1 is 1.12 bits per heavy atom. The number of para-hydroxylation sites is 1. The van der Waals surface area contributed by atoms with Crippen molar-refractivity contribution in [2.75, 3.05) is 45.6 Å². The van der Waals surface area contributed by atoms with Crippen molar-refractivity contribution in [3.05, 3.63) is 71.4 Å². The fourth-order valence-electron chi connectivity index (χ4n) is 9.62. The molecule has 1 spiro atoms. The number of amides is 1. The summed E-state index contributed by atoms with van der Waals surface area (Å²) in [7, 11) is 4.39. The number of carbonyl (C=O) groups excluding carboxylic acids is 1. The van der Waals surface area contributed by atoms with E-state index < -0.39 is 5.41 Å². The number of likely N-dealkylation sites (tertiary alicyclic amines) is 1. The summed E-state index contributed by atoms with van der Waals surface area (Å²) in [4.78, 5) is 25.4. The van der Waals surface area contributed by atoms with Gasteiger partial charge in [-0.05, 0) is 101 Å². The number of aromatic nitrogens is 1. The summed E-state index contributed by atoms with van der Waals surface area (Å²) in [6.07, 6.45) is 8.22. The number of likely N-dealkylation sites (N-methyl/N-ethyl adjacent to an activating group) is 1. The molecule has 2 aromatic carbocycles. The highest BCUT2D eigenvalue weighted by molar-refractivity contribution is 6.08. The van der Waals surface area contributed by atoms with E-state index in [1.165, 1.54) is 22.2 Å². The summed E-state index contributed by atoms with van der Waals surface area (Å²) in [5.41, 5.74) is 6.44. The number of nitrogens with zero attached hydrogens (tertiary/aromatic N) is 3. The summed E-state index contributed by atoms with van der Waals surface area (Å²) >= 11 is 0. The predicted octanol–water partition coefficient (Wildman–Crippen LogP) is 5.35. The van der Waals surface area contributed by atoms with Crippen molar-refractivity contribution in [1.82, 2.24) is 19.7 Å². The van der Waals surface area contributed by atoms with Crippen LogP contribution in [0.1, 0.15) is 66.6 Å². The molecule has 3 fully saturated rings. The second kappa shape index (κ2) is 9.69. The number of rotatable bonds is 4. The third-order valence-electron chi connectivity index (χ3n) is 11.8. The second-order valence-electron chi connectivity index (χ2n) is 13.7. The predicted molar refractivity (Wildman–Crippen MR) is 167 cm³/mol. The Morgan fingerprint density at radius 2 is 1.98 bits per heavy atom. The fourth-order valence-corrected chi connectivity index (χ4v) is 9.62. The number of hydrogen-bond acceptors (Lipinski definition) is 5. The van der Waals surface area contributed by atoms with Gasteiger partial charge in [0.25, 0.3) is 0 Å². The highest BCUT2D eigenvalue weighted by Gasteiger charge is 2.60. The lowest BCUT2D eigenvalue weighted by atomic mass is 9.67. The van der Waals surface area contributed by atoms with E-state index in [4.69, 9.17) is 0 Å². The van der Waals surface area contributed by atoms with E-state index in [9.17, 15) is 9.90 Å². The first kappa shape index (κ1) is 26.5. The standard InChI is InChI=1S/C35H43N5O2/c1-4-21-20-40-17-14-35(25-11-12-29(41)31(33(25)37-34(35)42)27-10-7-15-38(27)2)30(40)19-22(21)18-28-32-24(13-16-39(28)3)23-8-5-6-9-26(23)36-32/h4-6,8-9,11-12,21-22,27-28,30,36,41H,1,7,10,13-20H2,2-3H3,(H,37,42)/t21-,22-,27-,28-,30-,35+/m0/s1. The van der Waals surface area contributed by atoms with E-state index in [2.05, 4.69) is 76.0 Å². The van der Waals surface area contributed by atoms with E-state index in [1.807, 2.05) is 12.1 Å². The van der Waals surface area contributed by atoms with Crippen LogP contribution in [0.15, 0.2) is 49.1 Å². The van der Waals surface area contributed by atoms with Gasteiger partial charge in [-0.15, -0.1) is 6.58 Å². The maximum atomic E-state index is 14.2. The molecule has 1 amide bonds. The van der Waals surface area contributed by atoms with Crippen molar-refractivity contribution < 1.29 is 9.90 Å². The zero-order valence-corrected chi connectivity index (χ0v) is 24.9. The molecule has 7 nitrogen and oxygen atoms in total. The Bertz CT molecular complexity index is 1580. The lowest BCUT2D eigenvalue weighted by molar-refractivity contribution is -0.122. The first-order chi connectivity index (χ1) is 20.4. The number of anilines is 1. The molecule has 7 heteroatoms. The molecule has 0 aliphatic carbocycles. The van der Waals surface area contributed by atoms with Gasteiger partial charge >= 0.3 is 0 Å². The Kier molecular flexibility index (Phi) is 6.12. The Hall–Kier alpha value is -3.13. The van der Waals surface area contributed by atoms with E-state index in [-0.39, 0.29) is 18.0 Å². The molecular formula is C35H43N5O2. The summed E-state index contributed by atoms with van der Waals surface area (Å²) in [5, 5.41) is 15.7. The van der Waals surface area contributed by atoms with Gasteiger partial charge in [0.05, 0.1) is 17.1 Å². The van der Waals surface area contributed by atoms with Gasteiger partial charge in [0.1, 0.15) is 5.75 Å². The first-order valence-electron chi connectivity index (χ1n) is 15.9. The van der Waals surface area contributed by atoms with Gasteiger partial charge in [0, 0.05) is 47.3 Å². The number of benzene rings is 2. The van der Waals surface area contributed by atoms with Crippen molar-refractivity contribution in [3.8, 4) is 5.75 Å². The molecule has 0 saturated carbocycles. The largest absolute Gasteiger partial charge is 0.508 e. The molecular weight excluding hydrogens is 522 g/mol. The molecule has 42 heavy (non-hydrogen) atoms. The number of phenols is 1. The molecule has 8 rings (SSSR count). The fraction of sp³-hybridized carbons (Fsp3) is 0.514. The van der Waals surface area contributed by atoms with Crippen molar-refractivity contribution in [3.63, 3.8) is 0 Å². The average molecular weight is 566 g/mol. The zero-order valence-electron chi connectivity index (χ0n) is 24.9. The van der Waals surface area contributed by atoms with Crippen LogP contribution in [0.5, 0.6) is 5.75 Å². The van der Waals surface area contributed by atoms with Crippen LogP contribution >= 0.6 is 0 Å². The first-order valence-corrected chi connectivity index (χ1v) is 15.9. The summed E-state index contributed by atoms with van der Waals surface area (Å²) in [6, 6.07) is 13.2. The molecule has 6 heterocycles. The van der Waals surface area contributed by atoms with Gasteiger partial charge in [-0.2, -0.15) is 0 Å². The van der Waals surface area contributed by atoms with Crippen LogP contribution in [0.3, 0.4) is 0 Å². The van der Waals surface area contributed by atoms with Gasteiger partial charge in [-0.25, -0.2) is 0 Å². The minimum Gasteiger partial charge on any atom is -0.508 e. The van der Waals surface area contributed by atoms with Crippen LogP contribution in [0.4, 0.5) is 5.69 Å². The number of phenolic OH excluding ortho intramolecular Hbond substituents is 1. The van der Waals surface area contributed by atoms with E-state index >= 15 is 0 Å². The minimum absolute atomic E-state index is 0.126. The molecule has 3 saturated heterocycles. The number of fused-ring (bicyclic) bond motifs is 7. The number of carbonyl (C=O) groups is 1.